The molecule has 0 saturated heterocycles. The molecule has 0 atom stereocenters. The van der Waals surface area contributed by atoms with Gasteiger partial charge in [-0.1, -0.05) is 29.8 Å². The van der Waals surface area contributed by atoms with E-state index in [-0.39, 0.29) is 6.61 Å². The molecule has 2 aromatic rings. The number of rotatable bonds is 3. The van der Waals surface area contributed by atoms with E-state index < -0.39 is 0 Å². The maximum Gasteiger partial charge on any atom is 0.128 e. The zero-order valence-corrected chi connectivity index (χ0v) is 10.2. The number of hydrogen-bond donors (Lipinski definition) is 1. The predicted molar refractivity (Wildman–Crippen MR) is 68.6 cm³/mol. The Morgan fingerprint density at radius 1 is 1.12 bits per heavy atom. The van der Waals surface area contributed by atoms with Gasteiger partial charge < -0.3 is 9.84 Å². The van der Waals surface area contributed by atoms with Gasteiger partial charge in [-0.25, -0.2) is 0 Å². The van der Waals surface area contributed by atoms with Crippen molar-refractivity contribution in [2.45, 2.75) is 13.5 Å². The largest absolute Gasteiger partial charge is 0.457 e. The van der Waals surface area contributed by atoms with Gasteiger partial charge in [-0.05, 0) is 42.3 Å². The molecule has 0 fully saturated rings. The van der Waals surface area contributed by atoms with Crippen LogP contribution < -0.4 is 4.74 Å². The highest BCUT2D eigenvalue weighted by Gasteiger charge is 2.02. The standard InChI is InChI=1S/C14H13ClO2/c1-10-3-2-4-12(7-10)17-13-6-5-11(9-16)14(15)8-13/h2-8,16H,9H2,1H3. The van der Waals surface area contributed by atoms with E-state index in [4.69, 9.17) is 21.4 Å². The first-order valence-corrected chi connectivity index (χ1v) is 5.70. The summed E-state index contributed by atoms with van der Waals surface area (Å²) in [5, 5.41) is 9.52. The number of halogens is 1. The Morgan fingerprint density at radius 3 is 2.53 bits per heavy atom. The summed E-state index contributed by atoms with van der Waals surface area (Å²) in [5.74, 6) is 1.44. The number of ether oxygens (including phenoxy) is 1. The van der Waals surface area contributed by atoms with Gasteiger partial charge in [-0.2, -0.15) is 0 Å². The van der Waals surface area contributed by atoms with Crippen LogP contribution in [0.15, 0.2) is 42.5 Å². The zero-order valence-electron chi connectivity index (χ0n) is 9.48. The van der Waals surface area contributed by atoms with Crippen molar-refractivity contribution >= 4 is 11.6 Å². The monoisotopic (exact) mass is 248 g/mol. The molecule has 0 unspecified atom stereocenters. The Bertz CT molecular complexity index is 523. The number of aryl methyl sites for hydroxylation is 1. The summed E-state index contributed by atoms with van der Waals surface area (Å²) < 4.78 is 5.67. The first-order valence-electron chi connectivity index (χ1n) is 5.33. The van der Waals surface area contributed by atoms with Crippen molar-refractivity contribution < 1.29 is 9.84 Å². The van der Waals surface area contributed by atoms with Gasteiger partial charge in [-0.15, -0.1) is 0 Å². The number of aliphatic hydroxyl groups is 1. The topological polar surface area (TPSA) is 29.5 Å². The van der Waals surface area contributed by atoms with Crippen LogP contribution in [-0.4, -0.2) is 5.11 Å². The van der Waals surface area contributed by atoms with E-state index in [0.29, 0.717) is 16.3 Å². The van der Waals surface area contributed by atoms with Gasteiger partial charge in [-0.3, -0.25) is 0 Å². The third-order valence-corrected chi connectivity index (χ3v) is 2.77. The van der Waals surface area contributed by atoms with Crippen LogP contribution in [0.3, 0.4) is 0 Å². The minimum Gasteiger partial charge on any atom is -0.457 e. The Balaban J connectivity index is 2.22. The third kappa shape index (κ3) is 2.99. The average Bonchev–Trinajstić information content (AvgIpc) is 2.29. The predicted octanol–water partition coefficient (Wildman–Crippen LogP) is 3.93. The van der Waals surface area contributed by atoms with Crippen LogP contribution in [0.5, 0.6) is 11.5 Å². The molecule has 0 saturated carbocycles. The lowest BCUT2D eigenvalue weighted by molar-refractivity contribution is 0.282. The van der Waals surface area contributed by atoms with Crippen molar-refractivity contribution in [2.75, 3.05) is 0 Å². The van der Waals surface area contributed by atoms with E-state index in [1.54, 1.807) is 18.2 Å². The maximum atomic E-state index is 9.01. The Hall–Kier alpha value is -1.51. The summed E-state index contributed by atoms with van der Waals surface area (Å²) >= 11 is 5.99. The molecule has 2 aromatic carbocycles. The lowest BCUT2D eigenvalue weighted by Crippen LogP contribution is -1.88. The summed E-state index contributed by atoms with van der Waals surface area (Å²) in [6.45, 7) is 1.94. The fourth-order valence-electron chi connectivity index (χ4n) is 1.53. The molecule has 0 radical (unpaired) electrons. The summed E-state index contributed by atoms with van der Waals surface area (Å²) in [4.78, 5) is 0. The fourth-order valence-corrected chi connectivity index (χ4v) is 1.76. The van der Waals surface area contributed by atoms with E-state index in [2.05, 4.69) is 0 Å². The number of aliphatic hydroxyl groups excluding tert-OH is 1. The second-order valence-corrected chi connectivity index (χ2v) is 4.24. The molecule has 2 nitrogen and oxygen atoms in total. The zero-order chi connectivity index (χ0) is 12.3. The lowest BCUT2D eigenvalue weighted by atomic mass is 10.2. The highest BCUT2D eigenvalue weighted by atomic mass is 35.5. The van der Waals surface area contributed by atoms with Crippen LogP contribution in [0.4, 0.5) is 0 Å². The van der Waals surface area contributed by atoms with Crippen molar-refractivity contribution in [1.29, 1.82) is 0 Å². The summed E-state index contributed by atoms with van der Waals surface area (Å²) in [7, 11) is 0. The minimum absolute atomic E-state index is 0.0659. The molecule has 0 bridgehead atoms. The van der Waals surface area contributed by atoms with Crippen molar-refractivity contribution in [3.05, 3.63) is 58.6 Å². The van der Waals surface area contributed by atoms with Gasteiger partial charge >= 0.3 is 0 Å². The van der Waals surface area contributed by atoms with Crippen molar-refractivity contribution in [3.8, 4) is 11.5 Å². The van der Waals surface area contributed by atoms with Crippen molar-refractivity contribution in [3.63, 3.8) is 0 Å². The quantitative estimate of drug-likeness (QED) is 0.892. The van der Waals surface area contributed by atoms with Crippen LogP contribution in [-0.2, 0) is 6.61 Å². The summed E-state index contributed by atoms with van der Waals surface area (Å²) in [6.07, 6.45) is 0. The molecule has 0 aliphatic heterocycles. The van der Waals surface area contributed by atoms with E-state index in [9.17, 15) is 0 Å². The van der Waals surface area contributed by atoms with Gasteiger partial charge in [0.15, 0.2) is 0 Å². The Kier molecular flexibility index (Phi) is 3.67. The molecule has 0 spiro atoms. The summed E-state index contributed by atoms with van der Waals surface area (Å²) in [5.41, 5.74) is 1.84. The first kappa shape index (κ1) is 12.0. The molecule has 0 aromatic heterocycles. The van der Waals surface area contributed by atoms with Crippen LogP contribution in [0.1, 0.15) is 11.1 Å². The van der Waals surface area contributed by atoms with Gasteiger partial charge in [0, 0.05) is 5.02 Å². The van der Waals surface area contributed by atoms with Crippen LogP contribution in [0, 0.1) is 6.92 Å². The first-order chi connectivity index (χ1) is 8.19. The summed E-state index contributed by atoms with van der Waals surface area (Å²) in [6, 6.07) is 13.0. The normalized spacial score (nSPS) is 10.3. The molecule has 1 N–H and O–H groups in total. The smallest absolute Gasteiger partial charge is 0.128 e. The SMILES string of the molecule is Cc1cccc(Oc2ccc(CO)c(Cl)c2)c1. The lowest BCUT2D eigenvalue weighted by Gasteiger charge is -2.08. The molecule has 88 valence electrons. The molecular weight excluding hydrogens is 236 g/mol. The van der Waals surface area contributed by atoms with Gasteiger partial charge in [0.05, 0.1) is 6.61 Å². The van der Waals surface area contributed by atoms with Crippen LogP contribution in [0.25, 0.3) is 0 Å². The third-order valence-electron chi connectivity index (χ3n) is 2.42. The fraction of sp³-hybridized carbons (Fsp3) is 0.143. The van der Waals surface area contributed by atoms with Crippen molar-refractivity contribution in [1.82, 2.24) is 0 Å². The minimum atomic E-state index is -0.0659. The van der Waals surface area contributed by atoms with Gasteiger partial charge in [0.1, 0.15) is 11.5 Å². The van der Waals surface area contributed by atoms with Crippen LogP contribution in [0.2, 0.25) is 5.02 Å². The van der Waals surface area contributed by atoms with E-state index in [1.807, 2.05) is 31.2 Å². The highest BCUT2D eigenvalue weighted by Crippen LogP contribution is 2.27. The molecule has 0 heterocycles. The van der Waals surface area contributed by atoms with E-state index in [1.165, 1.54) is 0 Å². The molecule has 3 heteroatoms. The van der Waals surface area contributed by atoms with Crippen LogP contribution >= 0.6 is 11.6 Å². The highest BCUT2D eigenvalue weighted by molar-refractivity contribution is 6.31. The van der Waals surface area contributed by atoms with E-state index in [0.717, 1.165) is 11.3 Å². The van der Waals surface area contributed by atoms with Gasteiger partial charge in [0.25, 0.3) is 0 Å². The maximum absolute atomic E-state index is 9.01. The number of hydrogen-bond acceptors (Lipinski definition) is 2. The van der Waals surface area contributed by atoms with Gasteiger partial charge in [0.2, 0.25) is 0 Å². The molecule has 0 aliphatic rings. The molecule has 0 amide bonds. The van der Waals surface area contributed by atoms with Crippen molar-refractivity contribution in [2.24, 2.45) is 0 Å². The molecule has 2 rings (SSSR count). The second-order valence-electron chi connectivity index (χ2n) is 3.83. The molecular formula is C14H13ClO2. The molecule has 0 aliphatic carbocycles. The average molecular weight is 249 g/mol. The molecule has 17 heavy (non-hydrogen) atoms. The van der Waals surface area contributed by atoms with E-state index >= 15 is 0 Å². The Labute approximate surface area is 105 Å². The second kappa shape index (κ2) is 5.21. The Morgan fingerprint density at radius 2 is 1.88 bits per heavy atom. The number of benzene rings is 2.